The summed E-state index contributed by atoms with van der Waals surface area (Å²) in [6.07, 6.45) is 0.0599. The maximum absolute atomic E-state index is 11.0. The first-order valence-corrected chi connectivity index (χ1v) is 6.07. The molecule has 0 saturated carbocycles. The highest BCUT2D eigenvalue weighted by Gasteiger charge is 2.17. The lowest BCUT2D eigenvalue weighted by atomic mass is 9.89. The van der Waals surface area contributed by atoms with Gasteiger partial charge in [-0.3, -0.25) is 4.79 Å². The first kappa shape index (κ1) is 12.7. The van der Waals surface area contributed by atoms with Crippen LogP contribution in [0, 0.1) is 0 Å². The monoisotopic (exact) mass is 260 g/mol. The van der Waals surface area contributed by atoms with Crippen molar-refractivity contribution < 1.29 is 9.90 Å². The number of halogens is 1. The summed E-state index contributed by atoms with van der Waals surface area (Å²) in [4.78, 5) is 11.0. The van der Waals surface area contributed by atoms with E-state index in [0.29, 0.717) is 5.02 Å². The zero-order valence-corrected chi connectivity index (χ0v) is 10.5. The Morgan fingerprint density at radius 1 is 1.06 bits per heavy atom. The molecule has 2 aromatic rings. The van der Waals surface area contributed by atoms with E-state index >= 15 is 0 Å². The van der Waals surface area contributed by atoms with E-state index in [1.165, 1.54) is 0 Å². The fourth-order valence-corrected chi connectivity index (χ4v) is 2.21. The topological polar surface area (TPSA) is 37.3 Å². The number of carboxylic acid groups (broad SMARTS) is 1. The van der Waals surface area contributed by atoms with Gasteiger partial charge in [-0.15, -0.1) is 0 Å². The van der Waals surface area contributed by atoms with Gasteiger partial charge in [0, 0.05) is 10.9 Å². The molecule has 2 aromatic carbocycles. The Balaban J connectivity index is 2.40. The molecule has 0 spiro atoms. The number of carbonyl (C=O) groups is 1. The van der Waals surface area contributed by atoms with E-state index in [0.717, 1.165) is 11.1 Å². The molecule has 0 bridgehead atoms. The summed E-state index contributed by atoms with van der Waals surface area (Å²) in [5.74, 6) is -0.980. The Morgan fingerprint density at radius 2 is 1.72 bits per heavy atom. The van der Waals surface area contributed by atoms with Crippen LogP contribution < -0.4 is 0 Å². The quantitative estimate of drug-likeness (QED) is 0.904. The highest BCUT2D eigenvalue weighted by atomic mass is 35.5. The van der Waals surface area contributed by atoms with Gasteiger partial charge in [-0.25, -0.2) is 0 Å². The molecule has 0 radical (unpaired) electrons. The average molecular weight is 261 g/mol. The molecule has 0 amide bonds. The van der Waals surface area contributed by atoms with E-state index in [-0.39, 0.29) is 12.3 Å². The lowest BCUT2D eigenvalue weighted by Gasteiger charge is -2.16. The van der Waals surface area contributed by atoms with Gasteiger partial charge in [0.1, 0.15) is 0 Å². The molecule has 2 rings (SSSR count). The smallest absolute Gasteiger partial charge is 0.304 e. The average Bonchev–Trinajstić information content (AvgIpc) is 2.37. The standard InChI is InChI=1S/C15H13ClO2/c16-13-8-4-7-12(9-13)14(10-15(17)18)11-5-2-1-3-6-11/h1-9,14H,10H2,(H,17,18)/t14-/m0/s1. The predicted octanol–water partition coefficient (Wildman–Crippen LogP) is 3.95. The molecular weight excluding hydrogens is 248 g/mol. The van der Waals surface area contributed by atoms with Crippen LogP contribution in [0.4, 0.5) is 0 Å². The van der Waals surface area contributed by atoms with Gasteiger partial charge < -0.3 is 5.11 Å². The highest BCUT2D eigenvalue weighted by molar-refractivity contribution is 6.30. The van der Waals surface area contributed by atoms with Crippen molar-refractivity contribution in [3.05, 3.63) is 70.7 Å². The van der Waals surface area contributed by atoms with E-state index in [4.69, 9.17) is 16.7 Å². The Morgan fingerprint density at radius 3 is 2.33 bits per heavy atom. The fourth-order valence-electron chi connectivity index (χ4n) is 2.01. The second-order valence-electron chi connectivity index (χ2n) is 4.12. The van der Waals surface area contributed by atoms with Crippen LogP contribution in [-0.4, -0.2) is 11.1 Å². The van der Waals surface area contributed by atoms with Gasteiger partial charge in [0.2, 0.25) is 0 Å². The molecule has 0 aliphatic carbocycles. The van der Waals surface area contributed by atoms with Gasteiger partial charge in [0.05, 0.1) is 6.42 Å². The van der Waals surface area contributed by atoms with Crippen LogP contribution in [0.25, 0.3) is 0 Å². The Hall–Kier alpha value is -1.80. The van der Waals surface area contributed by atoms with Crippen molar-refractivity contribution >= 4 is 17.6 Å². The van der Waals surface area contributed by atoms with E-state index in [9.17, 15) is 4.79 Å². The molecule has 18 heavy (non-hydrogen) atoms. The van der Waals surface area contributed by atoms with E-state index in [2.05, 4.69) is 0 Å². The maximum atomic E-state index is 11.0. The number of hydrogen-bond donors (Lipinski definition) is 1. The third kappa shape index (κ3) is 3.11. The van der Waals surface area contributed by atoms with Gasteiger partial charge in [-0.1, -0.05) is 54.1 Å². The van der Waals surface area contributed by atoms with Crippen LogP contribution in [0.15, 0.2) is 54.6 Å². The molecule has 0 aliphatic rings. The molecule has 2 nitrogen and oxygen atoms in total. The third-order valence-electron chi connectivity index (χ3n) is 2.83. The summed E-state index contributed by atoms with van der Waals surface area (Å²) in [5, 5.41) is 9.67. The van der Waals surface area contributed by atoms with Crippen LogP contribution >= 0.6 is 11.6 Å². The van der Waals surface area contributed by atoms with Crippen molar-refractivity contribution in [2.45, 2.75) is 12.3 Å². The summed E-state index contributed by atoms with van der Waals surface area (Å²) in [6, 6.07) is 17.0. The van der Waals surface area contributed by atoms with Crippen molar-refractivity contribution in [1.29, 1.82) is 0 Å². The zero-order valence-electron chi connectivity index (χ0n) is 9.71. The summed E-state index contributed by atoms with van der Waals surface area (Å²) < 4.78 is 0. The minimum Gasteiger partial charge on any atom is -0.481 e. The number of rotatable bonds is 4. The van der Waals surface area contributed by atoms with Crippen LogP contribution in [0.2, 0.25) is 5.02 Å². The maximum Gasteiger partial charge on any atom is 0.304 e. The van der Waals surface area contributed by atoms with Crippen molar-refractivity contribution in [1.82, 2.24) is 0 Å². The number of benzene rings is 2. The van der Waals surface area contributed by atoms with Crippen LogP contribution in [0.3, 0.4) is 0 Å². The second-order valence-corrected chi connectivity index (χ2v) is 4.55. The Labute approximate surface area is 111 Å². The summed E-state index contributed by atoms with van der Waals surface area (Å²) in [7, 11) is 0. The van der Waals surface area contributed by atoms with Crippen molar-refractivity contribution in [2.24, 2.45) is 0 Å². The molecule has 0 saturated heterocycles. The van der Waals surface area contributed by atoms with E-state index in [1.54, 1.807) is 6.07 Å². The molecule has 0 unspecified atom stereocenters. The van der Waals surface area contributed by atoms with Gasteiger partial charge in [0.15, 0.2) is 0 Å². The SMILES string of the molecule is O=C(O)C[C@@H](c1ccccc1)c1cccc(Cl)c1. The highest BCUT2D eigenvalue weighted by Crippen LogP contribution is 2.29. The molecule has 0 aromatic heterocycles. The summed E-state index contributed by atoms with van der Waals surface area (Å²) in [5.41, 5.74) is 1.92. The third-order valence-corrected chi connectivity index (χ3v) is 3.07. The lowest BCUT2D eigenvalue weighted by Crippen LogP contribution is -2.07. The van der Waals surface area contributed by atoms with Crippen molar-refractivity contribution in [3.8, 4) is 0 Å². The van der Waals surface area contributed by atoms with E-state index in [1.807, 2.05) is 48.5 Å². The lowest BCUT2D eigenvalue weighted by molar-refractivity contribution is -0.137. The van der Waals surface area contributed by atoms with Crippen LogP contribution in [0.1, 0.15) is 23.5 Å². The van der Waals surface area contributed by atoms with Gasteiger partial charge in [-0.2, -0.15) is 0 Å². The second kappa shape index (κ2) is 5.69. The van der Waals surface area contributed by atoms with Gasteiger partial charge in [-0.05, 0) is 23.3 Å². The normalized spacial score (nSPS) is 12.1. The number of hydrogen-bond acceptors (Lipinski definition) is 1. The zero-order chi connectivity index (χ0) is 13.0. The molecule has 3 heteroatoms. The first-order chi connectivity index (χ1) is 8.66. The molecular formula is C15H13ClO2. The molecule has 1 N–H and O–H groups in total. The molecule has 0 heterocycles. The number of aliphatic carboxylic acids is 1. The van der Waals surface area contributed by atoms with E-state index < -0.39 is 5.97 Å². The van der Waals surface area contributed by atoms with Crippen molar-refractivity contribution in [2.75, 3.05) is 0 Å². The Kier molecular flexibility index (Phi) is 4.00. The van der Waals surface area contributed by atoms with Crippen molar-refractivity contribution in [3.63, 3.8) is 0 Å². The molecule has 0 aliphatic heterocycles. The molecule has 0 fully saturated rings. The van der Waals surface area contributed by atoms with Gasteiger partial charge in [0.25, 0.3) is 0 Å². The largest absolute Gasteiger partial charge is 0.481 e. The minimum atomic E-state index is -0.816. The molecule has 1 atom stereocenters. The Bertz CT molecular complexity index is 537. The minimum absolute atomic E-state index is 0.0599. The number of carboxylic acids is 1. The van der Waals surface area contributed by atoms with Crippen LogP contribution in [0.5, 0.6) is 0 Å². The van der Waals surface area contributed by atoms with Gasteiger partial charge >= 0.3 is 5.97 Å². The molecule has 92 valence electrons. The summed E-state index contributed by atoms with van der Waals surface area (Å²) in [6.45, 7) is 0. The van der Waals surface area contributed by atoms with Crippen LogP contribution in [-0.2, 0) is 4.79 Å². The summed E-state index contributed by atoms with van der Waals surface area (Å²) >= 11 is 5.97. The first-order valence-electron chi connectivity index (χ1n) is 5.69. The fraction of sp³-hybridized carbons (Fsp3) is 0.133. The predicted molar refractivity (Wildman–Crippen MR) is 72.0 cm³/mol.